The molecule has 2 rings (SSSR count). The number of aryl methyl sites for hydroxylation is 2. The van der Waals surface area contributed by atoms with Crippen molar-refractivity contribution in [1.82, 2.24) is 15.1 Å². The maximum atomic E-state index is 6.31. The maximum absolute atomic E-state index is 6.31. The quantitative estimate of drug-likeness (QED) is 0.937. The van der Waals surface area contributed by atoms with E-state index in [1.807, 2.05) is 37.8 Å². The van der Waals surface area contributed by atoms with E-state index in [9.17, 15) is 0 Å². The van der Waals surface area contributed by atoms with E-state index in [1.165, 1.54) is 0 Å². The first-order valence-electron chi connectivity index (χ1n) is 6.08. The second-order valence-electron chi connectivity index (χ2n) is 4.60. The molecule has 19 heavy (non-hydrogen) atoms. The lowest BCUT2D eigenvalue weighted by molar-refractivity contribution is 0.678. The second kappa shape index (κ2) is 5.53. The molecule has 0 fully saturated rings. The number of rotatable bonds is 3. The van der Waals surface area contributed by atoms with E-state index < -0.39 is 0 Å². The highest BCUT2D eigenvalue weighted by atomic mass is 35.5. The molecular formula is C14H17Cl2N3. The molecule has 1 aromatic carbocycles. The standard InChI is InChI=1S/C14H17Cl2N3/c1-8-13(9(2)19(4)18-8)14(17-3)11-7-10(15)5-6-12(11)16/h5-7,14,17H,1-4H3. The van der Waals surface area contributed by atoms with Crippen LogP contribution in [0.25, 0.3) is 0 Å². The van der Waals surface area contributed by atoms with Crippen molar-refractivity contribution in [2.45, 2.75) is 19.9 Å². The van der Waals surface area contributed by atoms with Gasteiger partial charge in [0, 0.05) is 28.4 Å². The Morgan fingerprint density at radius 2 is 1.95 bits per heavy atom. The molecule has 1 aromatic heterocycles. The van der Waals surface area contributed by atoms with E-state index in [-0.39, 0.29) is 6.04 Å². The van der Waals surface area contributed by atoms with E-state index in [4.69, 9.17) is 23.2 Å². The third-order valence-electron chi connectivity index (χ3n) is 3.41. The molecule has 0 aliphatic heterocycles. The summed E-state index contributed by atoms with van der Waals surface area (Å²) in [5.41, 5.74) is 4.23. The highest BCUT2D eigenvalue weighted by molar-refractivity contribution is 6.33. The van der Waals surface area contributed by atoms with Gasteiger partial charge < -0.3 is 5.32 Å². The summed E-state index contributed by atoms with van der Waals surface area (Å²) in [4.78, 5) is 0. The fraction of sp³-hybridized carbons (Fsp3) is 0.357. The zero-order valence-electron chi connectivity index (χ0n) is 11.5. The van der Waals surface area contributed by atoms with Gasteiger partial charge >= 0.3 is 0 Å². The molecule has 1 heterocycles. The van der Waals surface area contributed by atoms with Crippen LogP contribution in [0, 0.1) is 13.8 Å². The number of halogens is 2. The molecule has 0 saturated carbocycles. The predicted octanol–water partition coefficient (Wildman–Crippen LogP) is 3.65. The Morgan fingerprint density at radius 1 is 1.26 bits per heavy atom. The number of hydrogen-bond acceptors (Lipinski definition) is 2. The summed E-state index contributed by atoms with van der Waals surface area (Å²) in [5, 5.41) is 9.14. The Hall–Kier alpha value is -1.03. The Morgan fingerprint density at radius 3 is 2.47 bits per heavy atom. The van der Waals surface area contributed by atoms with Crippen LogP contribution in [0.1, 0.15) is 28.6 Å². The first kappa shape index (κ1) is 14.4. The summed E-state index contributed by atoms with van der Waals surface area (Å²) in [6.45, 7) is 4.06. The van der Waals surface area contributed by atoms with Crippen LogP contribution in [0.4, 0.5) is 0 Å². The van der Waals surface area contributed by atoms with Gasteiger partial charge in [0.25, 0.3) is 0 Å². The van der Waals surface area contributed by atoms with Crippen molar-refractivity contribution in [1.29, 1.82) is 0 Å². The molecule has 0 radical (unpaired) electrons. The predicted molar refractivity (Wildman–Crippen MR) is 80.0 cm³/mol. The van der Waals surface area contributed by atoms with Crippen LogP contribution in [0.3, 0.4) is 0 Å². The van der Waals surface area contributed by atoms with Gasteiger partial charge in [-0.3, -0.25) is 4.68 Å². The summed E-state index contributed by atoms with van der Waals surface area (Å²) >= 11 is 12.4. The monoisotopic (exact) mass is 297 g/mol. The van der Waals surface area contributed by atoms with Crippen LogP contribution < -0.4 is 5.32 Å². The fourth-order valence-electron chi connectivity index (χ4n) is 2.40. The zero-order chi connectivity index (χ0) is 14.2. The zero-order valence-corrected chi connectivity index (χ0v) is 13.0. The summed E-state index contributed by atoms with van der Waals surface area (Å²) in [6.07, 6.45) is 0. The average Bonchev–Trinajstić information content (AvgIpc) is 2.61. The summed E-state index contributed by atoms with van der Waals surface area (Å²) < 4.78 is 1.88. The van der Waals surface area contributed by atoms with Gasteiger partial charge in [-0.25, -0.2) is 0 Å². The van der Waals surface area contributed by atoms with Crippen molar-refractivity contribution in [3.05, 3.63) is 50.8 Å². The minimum Gasteiger partial charge on any atom is -0.309 e. The molecule has 0 spiro atoms. The van der Waals surface area contributed by atoms with Crippen molar-refractivity contribution in [2.75, 3.05) is 7.05 Å². The Labute approximate surface area is 123 Å². The van der Waals surface area contributed by atoms with Crippen molar-refractivity contribution in [2.24, 2.45) is 7.05 Å². The number of nitrogens with zero attached hydrogens (tertiary/aromatic N) is 2. The minimum atomic E-state index is -0.0140. The lowest BCUT2D eigenvalue weighted by atomic mass is 9.97. The molecule has 5 heteroatoms. The van der Waals surface area contributed by atoms with Gasteiger partial charge in [0.2, 0.25) is 0 Å². The second-order valence-corrected chi connectivity index (χ2v) is 5.44. The molecule has 2 aromatic rings. The smallest absolute Gasteiger partial charge is 0.0647 e. The molecule has 0 aliphatic rings. The van der Waals surface area contributed by atoms with Crippen LogP contribution in [-0.2, 0) is 7.05 Å². The third kappa shape index (κ3) is 2.64. The summed E-state index contributed by atoms with van der Waals surface area (Å²) in [7, 11) is 3.85. The first-order valence-corrected chi connectivity index (χ1v) is 6.83. The Bertz CT molecular complexity index is 605. The van der Waals surface area contributed by atoms with Gasteiger partial charge in [-0.1, -0.05) is 23.2 Å². The molecule has 102 valence electrons. The van der Waals surface area contributed by atoms with E-state index >= 15 is 0 Å². The van der Waals surface area contributed by atoms with Crippen molar-refractivity contribution < 1.29 is 0 Å². The van der Waals surface area contributed by atoms with Gasteiger partial charge in [0.15, 0.2) is 0 Å². The summed E-state index contributed by atoms with van der Waals surface area (Å²) in [6, 6.07) is 5.50. The largest absolute Gasteiger partial charge is 0.309 e. The maximum Gasteiger partial charge on any atom is 0.0647 e. The highest BCUT2D eigenvalue weighted by Crippen LogP contribution is 2.33. The molecule has 0 aliphatic carbocycles. The van der Waals surface area contributed by atoms with Crippen LogP contribution in [0.2, 0.25) is 10.0 Å². The van der Waals surface area contributed by atoms with Gasteiger partial charge in [0.1, 0.15) is 0 Å². The Balaban J connectivity index is 2.59. The number of nitrogens with one attached hydrogen (secondary N) is 1. The molecule has 1 N–H and O–H groups in total. The van der Waals surface area contributed by atoms with Gasteiger partial charge in [-0.15, -0.1) is 0 Å². The van der Waals surface area contributed by atoms with E-state index in [0.29, 0.717) is 10.0 Å². The van der Waals surface area contributed by atoms with Crippen molar-refractivity contribution in [3.8, 4) is 0 Å². The molecule has 3 nitrogen and oxygen atoms in total. The molecule has 1 atom stereocenters. The van der Waals surface area contributed by atoms with Crippen LogP contribution in [0.5, 0.6) is 0 Å². The topological polar surface area (TPSA) is 29.9 Å². The van der Waals surface area contributed by atoms with Gasteiger partial charge in [-0.05, 0) is 44.7 Å². The highest BCUT2D eigenvalue weighted by Gasteiger charge is 2.22. The van der Waals surface area contributed by atoms with Crippen LogP contribution >= 0.6 is 23.2 Å². The molecule has 0 bridgehead atoms. The first-order chi connectivity index (χ1) is 8.95. The molecule has 1 unspecified atom stereocenters. The number of aromatic nitrogens is 2. The normalized spacial score (nSPS) is 12.7. The summed E-state index contributed by atoms with van der Waals surface area (Å²) in [5.74, 6) is 0. The minimum absolute atomic E-state index is 0.0140. The van der Waals surface area contributed by atoms with Crippen LogP contribution in [-0.4, -0.2) is 16.8 Å². The van der Waals surface area contributed by atoms with Crippen molar-refractivity contribution in [3.63, 3.8) is 0 Å². The molecule has 0 amide bonds. The lowest BCUT2D eigenvalue weighted by Gasteiger charge is -2.19. The lowest BCUT2D eigenvalue weighted by Crippen LogP contribution is -2.19. The van der Waals surface area contributed by atoms with Gasteiger partial charge in [-0.2, -0.15) is 5.10 Å². The molecule has 0 saturated heterocycles. The van der Waals surface area contributed by atoms with E-state index in [1.54, 1.807) is 6.07 Å². The third-order valence-corrected chi connectivity index (χ3v) is 3.99. The van der Waals surface area contributed by atoms with Gasteiger partial charge in [0.05, 0.1) is 11.7 Å². The average molecular weight is 298 g/mol. The SMILES string of the molecule is CNC(c1cc(Cl)ccc1Cl)c1c(C)nn(C)c1C. The Kier molecular flexibility index (Phi) is 4.19. The van der Waals surface area contributed by atoms with E-state index in [0.717, 1.165) is 22.5 Å². The fourth-order valence-corrected chi connectivity index (χ4v) is 2.81. The number of benzene rings is 1. The number of hydrogen-bond donors (Lipinski definition) is 1. The van der Waals surface area contributed by atoms with Crippen molar-refractivity contribution >= 4 is 23.2 Å². The van der Waals surface area contributed by atoms with E-state index in [2.05, 4.69) is 17.3 Å². The molecular weight excluding hydrogens is 281 g/mol. The van der Waals surface area contributed by atoms with Crippen LogP contribution in [0.15, 0.2) is 18.2 Å².